The summed E-state index contributed by atoms with van der Waals surface area (Å²) in [6, 6.07) is 6.24. The van der Waals surface area contributed by atoms with Crippen molar-refractivity contribution >= 4 is 14.5 Å². The largest absolute Gasteiger partial charge is 1.45 e. The third-order valence-electron chi connectivity index (χ3n) is 1.36. The molecular formula is C8H9K2P. The molecule has 0 aliphatic rings. The van der Waals surface area contributed by atoms with E-state index < -0.39 is 0 Å². The van der Waals surface area contributed by atoms with Crippen LogP contribution in [0.3, 0.4) is 0 Å². The van der Waals surface area contributed by atoms with Crippen molar-refractivity contribution in [2.75, 3.05) is 0 Å². The molecule has 11 heavy (non-hydrogen) atoms. The maximum absolute atomic E-state index is 4.27. The van der Waals surface area contributed by atoms with Crippen molar-refractivity contribution in [3.05, 3.63) is 29.3 Å². The Morgan fingerprint density at radius 1 is 1.09 bits per heavy atom. The summed E-state index contributed by atoms with van der Waals surface area (Å²) in [6.07, 6.45) is 0. The van der Waals surface area contributed by atoms with Gasteiger partial charge in [0.05, 0.1) is 0 Å². The van der Waals surface area contributed by atoms with E-state index in [0.29, 0.717) is 0 Å². The fourth-order valence-electron chi connectivity index (χ4n) is 0.719. The average Bonchev–Trinajstić information content (AvgIpc) is 1.80. The van der Waals surface area contributed by atoms with Crippen LogP contribution in [0.2, 0.25) is 0 Å². The van der Waals surface area contributed by atoms with Crippen molar-refractivity contribution in [1.82, 2.24) is 0 Å². The van der Waals surface area contributed by atoms with E-state index in [0.717, 1.165) is 5.30 Å². The summed E-state index contributed by atoms with van der Waals surface area (Å²) in [5.41, 5.74) is 2.51. The van der Waals surface area contributed by atoms with Crippen LogP contribution in [0.15, 0.2) is 18.2 Å². The zero-order valence-electron chi connectivity index (χ0n) is 7.68. The van der Waals surface area contributed by atoms with Gasteiger partial charge in [-0.3, -0.25) is 0 Å². The van der Waals surface area contributed by atoms with Crippen molar-refractivity contribution in [3.8, 4) is 0 Å². The second kappa shape index (κ2) is 8.25. The molecule has 1 aromatic carbocycles. The Bertz CT molecular complexity index is 223. The predicted molar refractivity (Wildman–Crippen MR) is 42.5 cm³/mol. The zero-order chi connectivity index (χ0) is 6.85. The summed E-state index contributed by atoms with van der Waals surface area (Å²) < 4.78 is 0. The fraction of sp³-hybridized carbons (Fsp3) is 0.250. The van der Waals surface area contributed by atoms with Crippen LogP contribution < -0.4 is 108 Å². The minimum Gasteiger partial charge on any atom is -1.45 e. The summed E-state index contributed by atoms with van der Waals surface area (Å²) in [6.45, 7) is 4.13. The van der Waals surface area contributed by atoms with Gasteiger partial charge in [0, 0.05) is 0 Å². The molecule has 0 aromatic heterocycles. The molecule has 0 heterocycles. The van der Waals surface area contributed by atoms with Gasteiger partial charge in [-0.25, -0.2) is 0 Å². The van der Waals surface area contributed by atoms with Crippen molar-refractivity contribution in [1.29, 1.82) is 0 Å². The molecule has 0 aliphatic heterocycles. The van der Waals surface area contributed by atoms with Gasteiger partial charge in [-0.1, -0.05) is 17.7 Å². The third kappa shape index (κ3) is 6.08. The average molecular weight is 214 g/mol. The SMILES string of the molecule is Cc1ccc(C)c([P-2])c1.[K+].[K+]. The number of rotatable bonds is 0. The quantitative estimate of drug-likeness (QED) is 0.309. The molecule has 0 nitrogen and oxygen atoms in total. The van der Waals surface area contributed by atoms with Gasteiger partial charge >= 0.3 is 103 Å². The van der Waals surface area contributed by atoms with Crippen LogP contribution in [0, 0.1) is 13.8 Å². The van der Waals surface area contributed by atoms with Crippen LogP contribution in [-0.2, 0) is 0 Å². The van der Waals surface area contributed by atoms with E-state index in [1.165, 1.54) is 11.1 Å². The Balaban J connectivity index is 0. The molecule has 1 rings (SSSR count). The van der Waals surface area contributed by atoms with Gasteiger partial charge < -0.3 is 14.5 Å². The van der Waals surface area contributed by atoms with Gasteiger partial charge in [-0.2, -0.15) is 0 Å². The standard InChI is InChI=1S/C8H9P.2K/c1-6-3-4-7(2)8(9)5-6;;/h3-5H,1-2H3;;/q-2;2*+1. The number of hydrogen-bond acceptors (Lipinski definition) is 0. The Labute approximate surface area is 156 Å². The van der Waals surface area contributed by atoms with Crippen molar-refractivity contribution in [3.63, 3.8) is 0 Å². The van der Waals surface area contributed by atoms with Gasteiger partial charge in [-0.15, -0.1) is 11.6 Å². The number of aryl methyl sites for hydroxylation is 2. The predicted octanol–water partition coefficient (Wildman–Crippen LogP) is -3.65. The first-order valence-corrected chi connectivity index (χ1v) is 3.41. The molecule has 0 N–H and O–H groups in total. The molecule has 0 radical (unpaired) electrons. The summed E-state index contributed by atoms with van der Waals surface area (Å²) in [7, 11) is 4.27. The summed E-state index contributed by atoms with van der Waals surface area (Å²) in [4.78, 5) is 0. The smallest absolute Gasteiger partial charge is 1.00 e. The molecule has 0 amide bonds. The zero-order valence-corrected chi connectivity index (χ0v) is 14.8. The van der Waals surface area contributed by atoms with Crippen LogP contribution >= 0.6 is 9.24 Å². The second-order valence-corrected chi connectivity index (χ2v) is 2.77. The Hall–Kier alpha value is 2.92. The van der Waals surface area contributed by atoms with Crippen LogP contribution in [0.1, 0.15) is 11.1 Å². The molecule has 0 fully saturated rings. The van der Waals surface area contributed by atoms with Gasteiger partial charge in [0.2, 0.25) is 0 Å². The minimum atomic E-state index is 0. The molecule has 1 aromatic rings. The number of hydrogen-bond donors (Lipinski definition) is 0. The Kier molecular flexibility index (Phi) is 12.3. The van der Waals surface area contributed by atoms with Crippen LogP contribution in [0.5, 0.6) is 0 Å². The molecule has 0 atom stereocenters. The summed E-state index contributed by atoms with van der Waals surface area (Å²) in [5.74, 6) is 0. The first-order valence-electron chi connectivity index (χ1n) is 2.96. The molecule has 0 bridgehead atoms. The first kappa shape index (κ1) is 16.4. The van der Waals surface area contributed by atoms with E-state index in [9.17, 15) is 0 Å². The van der Waals surface area contributed by atoms with E-state index in [1.54, 1.807) is 0 Å². The maximum Gasteiger partial charge on any atom is 1.00 e. The van der Waals surface area contributed by atoms with Crippen LogP contribution in [-0.4, -0.2) is 0 Å². The van der Waals surface area contributed by atoms with Gasteiger partial charge in [0.25, 0.3) is 0 Å². The monoisotopic (exact) mass is 214 g/mol. The van der Waals surface area contributed by atoms with Crippen molar-refractivity contribution in [2.24, 2.45) is 0 Å². The maximum atomic E-state index is 4.27. The third-order valence-corrected chi connectivity index (χ3v) is 1.85. The first-order chi connectivity index (χ1) is 4.20. The Morgan fingerprint density at radius 3 is 2.00 bits per heavy atom. The minimum absolute atomic E-state index is 0. The van der Waals surface area contributed by atoms with Crippen LogP contribution in [0.25, 0.3) is 0 Å². The van der Waals surface area contributed by atoms with Gasteiger partial charge in [0.1, 0.15) is 0 Å². The normalized spacial score (nSPS) is 7.91. The molecule has 48 valence electrons. The van der Waals surface area contributed by atoms with E-state index in [1.807, 2.05) is 0 Å². The van der Waals surface area contributed by atoms with E-state index >= 15 is 0 Å². The number of benzene rings is 1. The molecule has 0 aliphatic carbocycles. The van der Waals surface area contributed by atoms with E-state index in [2.05, 4.69) is 41.3 Å². The molecule has 0 saturated heterocycles. The topological polar surface area (TPSA) is 0 Å². The fourth-order valence-corrected chi connectivity index (χ4v) is 0.998. The van der Waals surface area contributed by atoms with Gasteiger partial charge in [0.15, 0.2) is 0 Å². The molecule has 0 spiro atoms. The van der Waals surface area contributed by atoms with Crippen molar-refractivity contribution < 1.29 is 103 Å². The van der Waals surface area contributed by atoms with E-state index in [4.69, 9.17) is 0 Å². The second-order valence-electron chi connectivity index (χ2n) is 2.29. The van der Waals surface area contributed by atoms with Crippen molar-refractivity contribution in [2.45, 2.75) is 13.8 Å². The molecule has 3 heteroatoms. The summed E-state index contributed by atoms with van der Waals surface area (Å²) >= 11 is 0. The van der Waals surface area contributed by atoms with Crippen LogP contribution in [0.4, 0.5) is 0 Å². The summed E-state index contributed by atoms with van der Waals surface area (Å²) in [5, 5.41) is 1.08. The molecular weight excluding hydrogens is 205 g/mol. The van der Waals surface area contributed by atoms with Gasteiger partial charge in [-0.05, 0) is 13.8 Å². The Morgan fingerprint density at radius 2 is 1.64 bits per heavy atom. The molecule has 0 unspecified atom stereocenters. The molecule has 0 saturated carbocycles. The van der Waals surface area contributed by atoms with E-state index in [-0.39, 0.29) is 103 Å².